The van der Waals surface area contributed by atoms with Crippen molar-refractivity contribution in [1.29, 1.82) is 0 Å². The predicted molar refractivity (Wildman–Crippen MR) is 63.0 cm³/mol. The number of carbonyl (C=O) groups is 1. The van der Waals surface area contributed by atoms with Gasteiger partial charge in [-0.05, 0) is 51.9 Å². The zero-order valence-electron chi connectivity index (χ0n) is 10.8. The van der Waals surface area contributed by atoms with E-state index in [2.05, 4.69) is 0 Å². The fourth-order valence-electron chi connectivity index (χ4n) is 3.18. The van der Waals surface area contributed by atoms with Gasteiger partial charge in [0.2, 0.25) is 0 Å². The molecule has 0 atom stereocenters. The maximum absolute atomic E-state index is 11.9. The van der Waals surface area contributed by atoms with Gasteiger partial charge in [-0.25, -0.2) is 15.6 Å². The molecule has 0 aromatic heterocycles. The maximum Gasteiger partial charge on any atom is 0.425 e. The molecule has 0 saturated heterocycles. The standard InChI is InChI=1S/C12H22N2O3/c1-10(2,3)17-9(16)14(13)12-5-4-11(6-12,7-12)8-15/h15H,4-8,13H2,1-3H3. The molecule has 0 unspecified atom stereocenters. The average Bonchev–Trinajstić information content (AvgIpc) is 2.68. The summed E-state index contributed by atoms with van der Waals surface area (Å²) < 4.78 is 5.27. The van der Waals surface area contributed by atoms with Crippen molar-refractivity contribution in [2.24, 2.45) is 11.3 Å². The van der Waals surface area contributed by atoms with Gasteiger partial charge in [-0.2, -0.15) is 0 Å². The molecule has 98 valence electrons. The summed E-state index contributed by atoms with van der Waals surface area (Å²) in [7, 11) is 0. The Morgan fingerprint density at radius 2 is 2.00 bits per heavy atom. The second-order valence-electron chi connectivity index (χ2n) is 6.59. The van der Waals surface area contributed by atoms with Crippen molar-refractivity contribution < 1.29 is 14.6 Å². The smallest absolute Gasteiger partial charge is 0.425 e. The van der Waals surface area contributed by atoms with Crippen LogP contribution in [0.4, 0.5) is 4.79 Å². The van der Waals surface area contributed by atoms with Crippen LogP contribution in [0, 0.1) is 5.41 Å². The third kappa shape index (κ3) is 2.02. The van der Waals surface area contributed by atoms with Crippen LogP contribution in [-0.4, -0.2) is 34.0 Å². The molecule has 3 aliphatic rings. The number of hydrogen-bond donors (Lipinski definition) is 2. The number of amides is 1. The van der Waals surface area contributed by atoms with Crippen molar-refractivity contribution in [2.45, 2.75) is 57.6 Å². The first-order valence-corrected chi connectivity index (χ1v) is 6.11. The molecule has 3 fully saturated rings. The Kier molecular flexibility index (Phi) is 2.67. The predicted octanol–water partition coefficient (Wildman–Crippen LogP) is 1.40. The van der Waals surface area contributed by atoms with Crippen LogP contribution in [0.1, 0.15) is 46.5 Å². The van der Waals surface area contributed by atoms with Gasteiger partial charge in [0.15, 0.2) is 0 Å². The molecule has 0 radical (unpaired) electrons. The minimum Gasteiger partial charge on any atom is -0.443 e. The molecule has 3 aliphatic carbocycles. The zero-order chi connectivity index (χ0) is 12.9. The van der Waals surface area contributed by atoms with Crippen molar-refractivity contribution in [3.8, 4) is 0 Å². The molecule has 17 heavy (non-hydrogen) atoms. The van der Waals surface area contributed by atoms with Gasteiger partial charge in [-0.1, -0.05) is 0 Å². The Hall–Kier alpha value is -0.810. The first-order chi connectivity index (χ1) is 7.72. The van der Waals surface area contributed by atoms with E-state index in [9.17, 15) is 9.90 Å². The quantitative estimate of drug-likeness (QED) is 0.436. The van der Waals surface area contributed by atoms with Gasteiger partial charge >= 0.3 is 6.09 Å². The van der Waals surface area contributed by atoms with Crippen LogP contribution in [0.2, 0.25) is 0 Å². The third-order valence-electron chi connectivity index (χ3n) is 3.97. The number of ether oxygens (including phenoxy) is 1. The van der Waals surface area contributed by atoms with Gasteiger partial charge in [-0.3, -0.25) is 0 Å². The monoisotopic (exact) mass is 242 g/mol. The molecule has 3 N–H and O–H groups in total. The molecule has 5 nitrogen and oxygen atoms in total. The second-order valence-corrected chi connectivity index (χ2v) is 6.59. The number of nitrogens with zero attached hydrogens (tertiary/aromatic N) is 1. The summed E-state index contributed by atoms with van der Waals surface area (Å²) in [5, 5.41) is 10.6. The van der Waals surface area contributed by atoms with E-state index in [1.165, 1.54) is 5.01 Å². The Bertz CT molecular complexity index is 329. The first-order valence-electron chi connectivity index (χ1n) is 6.11. The molecular formula is C12H22N2O3. The van der Waals surface area contributed by atoms with Crippen molar-refractivity contribution in [1.82, 2.24) is 5.01 Å². The molecule has 0 aliphatic heterocycles. The number of carbonyl (C=O) groups excluding carboxylic acids is 1. The third-order valence-corrected chi connectivity index (χ3v) is 3.97. The fraction of sp³-hybridized carbons (Fsp3) is 0.917. The number of rotatable bonds is 2. The molecule has 5 heteroatoms. The maximum atomic E-state index is 11.9. The lowest BCUT2D eigenvalue weighted by atomic mass is 9.65. The van der Waals surface area contributed by atoms with Gasteiger partial charge in [0, 0.05) is 6.61 Å². The van der Waals surface area contributed by atoms with E-state index in [1.807, 2.05) is 20.8 Å². The van der Waals surface area contributed by atoms with Gasteiger partial charge < -0.3 is 9.84 Å². The summed E-state index contributed by atoms with van der Waals surface area (Å²) >= 11 is 0. The summed E-state index contributed by atoms with van der Waals surface area (Å²) in [6.07, 6.45) is 2.94. The molecule has 3 saturated carbocycles. The van der Waals surface area contributed by atoms with Crippen LogP contribution in [-0.2, 0) is 4.74 Å². The number of aliphatic hydroxyl groups excluding tert-OH is 1. The largest absolute Gasteiger partial charge is 0.443 e. The van der Waals surface area contributed by atoms with E-state index < -0.39 is 11.7 Å². The van der Waals surface area contributed by atoms with Crippen LogP contribution in [0.5, 0.6) is 0 Å². The van der Waals surface area contributed by atoms with Gasteiger partial charge in [0.05, 0.1) is 5.54 Å². The summed E-state index contributed by atoms with van der Waals surface area (Å²) in [4.78, 5) is 11.9. The number of aliphatic hydroxyl groups is 1. The minimum atomic E-state index is -0.526. The van der Waals surface area contributed by atoms with Crippen molar-refractivity contribution >= 4 is 6.09 Å². The second kappa shape index (κ2) is 3.59. The molecule has 0 spiro atoms. The number of hydrazine groups is 1. The van der Waals surface area contributed by atoms with Crippen molar-refractivity contribution in [3.63, 3.8) is 0 Å². The Balaban J connectivity index is 1.99. The number of fused-ring (bicyclic) bond motifs is 1. The zero-order valence-corrected chi connectivity index (χ0v) is 10.8. The summed E-state index contributed by atoms with van der Waals surface area (Å²) in [6, 6.07) is 0. The number of hydrogen-bond acceptors (Lipinski definition) is 4. The molecule has 0 aromatic rings. The van der Waals surface area contributed by atoms with Crippen LogP contribution in [0.3, 0.4) is 0 Å². The molecule has 1 amide bonds. The molecule has 0 aromatic carbocycles. The van der Waals surface area contributed by atoms with Crippen LogP contribution < -0.4 is 5.84 Å². The van der Waals surface area contributed by atoms with Crippen molar-refractivity contribution in [2.75, 3.05) is 6.61 Å². The van der Waals surface area contributed by atoms with E-state index in [0.29, 0.717) is 0 Å². The topological polar surface area (TPSA) is 75.8 Å². The highest BCUT2D eigenvalue weighted by Crippen LogP contribution is 2.63. The average molecular weight is 242 g/mol. The van der Waals surface area contributed by atoms with Gasteiger partial charge in [-0.15, -0.1) is 0 Å². The van der Waals surface area contributed by atoms with Gasteiger partial charge in [0.1, 0.15) is 5.60 Å². The first kappa shape index (κ1) is 12.6. The lowest BCUT2D eigenvalue weighted by Crippen LogP contribution is -2.62. The normalized spacial score (nSPS) is 35.4. The highest BCUT2D eigenvalue weighted by molar-refractivity contribution is 5.69. The van der Waals surface area contributed by atoms with E-state index in [0.717, 1.165) is 25.7 Å². The lowest BCUT2D eigenvalue weighted by molar-refractivity contribution is -0.0605. The van der Waals surface area contributed by atoms with E-state index in [1.54, 1.807) is 0 Å². The minimum absolute atomic E-state index is 0.0135. The van der Waals surface area contributed by atoms with Crippen LogP contribution >= 0.6 is 0 Å². The highest BCUT2D eigenvalue weighted by atomic mass is 16.6. The van der Waals surface area contributed by atoms with Crippen LogP contribution in [0.15, 0.2) is 0 Å². The Morgan fingerprint density at radius 1 is 1.41 bits per heavy atom. The number of nitrogens with two attached hydrogens (primary N) is 1. The Labute approximate surface area is 102 Å². The molecule has 2 bridgehead atoms. The summed E-state index contributed by atoms with van der Waals surface area (Å²) in [5.41, 5.74) is -0.785. The molecule has 3 rings (SSSR count). The van der Waals surface area contributed by atoms with Crippen molar-refractivity contribution in [3.05, 3.63) is 0 Å². The highest BCUT2D eigenvalue weighted by Gasteiger charge is 2.64. The van der Waals surface area contributed by atoms with E-state index in [-0.39, 0.29) is 17.6 Å². The van der Waals surface area contributed by atoms with E-state index in [4.69, 9.17) is 10.6 Å². The summed E-state index contributed by atoms with van der Waals surface area (Å²) in [6.45, 7) is 5.66. The fourth-order valence-corrected chi connectivity index (χ4v) is 3.18. The summed E-state index contributed by atoms with van der Waals surface area (Å²) in [5.74, 6) is 5.89. The van der Waals surface area contributed by atoms with Crippen LogP contribution in [0.25, 0.3) is 0 Å². The molecule has 0 heterocycles. The molecular weight excluding hydrogens is 220 g/mol. The van der Waals surface area contributed by atoms with E-state index >= 15 is 0 Å². The lowest BCUT2D eigenvalue weighted by Gasteiger charge is -2.50. The Morgan fingerprint density at radius 3 is 2.41 bits per heavy atom. The van der Waals surface area contributed by atoms with Gasteiger partial charge in [0.25, 0.3) is 0 Å². The SMILES string of the molecule is CC(C)(C)OC(=O)N(N)C12CCC(CO)(C1)C2.